The predicted octanol–water partition coefficient (Wildman–Crippen LogP) is 4.05. The molecular weight excluding hydrogens is 438 g/mol. The van der Waals surface area contributed by atoms with Crippen LogP contribution < -0.4 is 4.74 Å². The van der Waals surface area contributed by atoms with Crippen molar-refractivity contribution in [1.29, 1.82) is 5.26 Å². The first kappa shape index (κ1) is 22.6. The first-order valence-corrected chi connectivity index (χ1v) is 11.8. The summed E-state index contributed by atoms with van der Waals surface area (Å²) >= 11 is 0. The first-order chi connectivity index (χ1) is 17.1. The molecule has 1 saturated heterocycles. The van der Waals surface area contributed by atoms with Gasteiger partial charge in [0.1, 0.15) is 18.0 Å². The Morgan fingerprint density at radius 2 is 1.71 bits per heavy atom. The molecule has 7 nitrogen and oxygen atoms in total. The van der Waals surface area contributed by atoms with Gasteiger partial charge in [-0.25, -0.2) is 4.98 Å². The summed E-state index contributed by atoms with van der Waals surface area (Å²) in [7, 11) is 0. The predicted molar refractivity (Wildman–Crippen MR) is 133 cm³/mol. The van der Waals surface area contributed by atoms with Gasteiger partial charge in [0.2, 0.25) is 0 Å². The Kier molecular flexibility index (Phi) is 6.47. The average molecular weight is 466 g/mol. The number of piperazine rings is 1. The van der Waals surface area contributed by atoms with Gasteiger partial charge in [-0.05, 0) is 60.5 Å². The van der Waals surface area contributed by atoms with Crippen LogP contribution in [-0.4, -0.2) is 51.3 Å². The zero-order valence-corrected chi connectivity index (χ0v) is 19.7. The maximum atomic E-state index is 13.0. The molecule has 35 heavy (non-hydrogen) atoms. The maximum Gasteiger partial charge on any atom is 0.253 e. The van der Waals surface area contributed by atoms with Crippen molar-refractivity contribution in [3.05, 3.63) is 101 Å². The second-order valence-electron chi connectivity index (χ2n) is 8.89. The highest BCUT2D eigenvalue weighted by Gasteiger charge is 2.22. The summed E-state index contributed by atoms with van der Waals surface area (Å²) < 4.78 is 7.89. The third-order valence-corrected chi connectivity index (χ3v) is 6.29. The molecule has 1 aliphatic heterocycles. The second kappa shape index (κ2) is 10.00. The van der Waals surface area contributed by atoms with Gasteiger partial charge >= 0.3 is 0 Å². The second-order valence-corrected chi connectivity index (χ2v) is 8.89. The number of carbonyl (C=O) groups is 1. The average Bonchev–Trinajstić information content (AvgIpc) is 3.30. The van der Waals surface area contributed by atoms with Crippen molar-refractivity contribution in [1.82, 2.24) is 19.2 Å². The molecule has 0 saturated carbocycles. The van der Waals surface area contributed by atoms with Crippen molar-refractivity contribution in [3.8, 4) is 11.8 Å². The van der Waals surface area contributed by atoms with Gasteiger partial charge in [-0.15, -0.1) is 0 Å². The Hall–Kier alpha value is -4.15. The van der Waals surface area contributed by atoms with Crippen molar-refractivity contribution in [3.63, 3.8) is 0 Å². The maximum absolute atomic E-state index is 13.0. The minimum Gasteiger partial charge on any atom is -0.487 e. The van der Waals surface area contributed by atoms with E-state index in [1.54, 1.807) is 0 Å². The standard InChI is InChI=1S/C28H27N5O2/c1-21-2-11-27-30-25(19-33(27)17-21)20-35-26-9-7-24(8-10-26)28(34)32-14-12-31(13-15-32)18-23-5-3-22(16-29)4-6-23/h2-11,17,19H,12-15,18,20H2,1H3. The number of hydrogen-bond acceptors (Lipinski definition) is 5. The van der Waals surface area contributed by atoms with Crippen molar-refractivity contribution in [2.24, 2.45) is 0 Å². The van der Waals surface area contributed by atoms with Gasteiger partial charge < -0.3 is 14.0 Å². The normalized spacial score (nSPS) is 14.1. The summed E-state index contributed by atoms with van der Waals surface area (Å²) in [5.74, 6) is 0.757. The fourth-order valence-electron chi connectivity index (χ4n) is 4.31. The minimum atomic E-state index is 0.0466. The van der Waals surface area contributed by atoms with Crippen LogP contribution in [0, 0.1) is 18.3 Å². The lowest BCUT2D eigenvalue weighted by Gasteiger charge is -2.34. The third kappa shape index (κ3) is 5.34. The summed E-state index contributed by atoms with van der Waals surface area (Å²) in [5, 5.41) is 8.94. The number of fused-ring (bicyclic) bond motifs is 1. The van der Waals surface area contributed by atoms with Crippen molar-refractivity contribution in [2.75, 3.05) is 26.2 Å². The molecule has 0 aliphatic carbocycles. The van der Waals surface area contributed by atoms with Gasteiger partial charge in [0.25, 0.3) is 5.91 Å². The van der Waals surface area contributed by atoms with Crippen molar-refractivity contribution >= 4 is 11.6 Å². The molecule has 1 amide bonds. The molecule has 1 fully saturated rings. The van der Waals surface area contributed by atoms with Crippen LogP contribution in [0.5, 0.6) is 5.75 Å². The zero-order chi connectivity index (χ0) is 24.2. The van der Waals surface area contributed by atoms with Crippen LogP contribution in [0.3, 0.4) is 0 Å². The Labute approximate surface area is 204 Å². The van der Waals surface area contributed by atoms with E-state index < -0.39 is 0 Å². The molecule has 0 unspecified atom stereocenters. The number of hydrogen-bond donors (Lipinski definition) is 0. The Bertz CT molecular complexity index is 1360. The number of ether oxygens (including phenoxy) is 1. The number of nitrogens with zero attached hydrogens (tertiary/aromatic N) is 5. The number of rotatable bonds is 6. The van der Waals surface area contributed by atoms with E-state index in [1.807, 2.05) is 82.4 Å². The molecule has 0 radical (unpaired) electrons. The molecule has 5 rings (SSSR count). The topological polar surface area (TPSA) is 73.9 Å². The van der Waals surface area contributed by atoms with Gasteiger partial charge in [-0.2, -0.15) is 5.26 Å². The molecule has 3 heterocycles. The molecule has 0 spiro atoms. The van der Waals surface area contributed by atoms with Crippen molar-refractivity contribution < 1.29 is 9.53 Å². The van der Waals surface area contributed by atoms with E-state index in [9.17, 15) is 4.79 Å². The summed E-state index contributed by atoms with van der Waals surface area (Å²) in [4.78, 5) is 21.8. The highest BCUT2D eigenvalue weighted by atomic mass is 16.5. The van der Waals surface area contributed by atoms with Crippen LogP contribution in [-0.2, 0) is 13.2 Å². The number of aromatic nitrogens is 2. The van der Waals surface area contributed by atoms with Crippen LogP contribution in [0.1, 0.15) is 32.7 Å². The Balaban J connectivity index is 1.12. The minimum absolute atomic E-state index is 0.0466. The summed E-state index contributed by atoms with van der Waals surface area (Å²) in [5.41, 5.74) is 5.45. The fraction of sp³-hybridized carbons (Fsp3) is 0.250. The first-order valence-electron chi connectivity index (χ1n) is 11.8. The van der Waals surface area contributed by atoms with Gasteiger partial charge in [0.15, 0.2) is 0 Å². The lowest BCUT2D eigenvalue weighted by molar-refractivity contribution is 0.0628. The fourth-order valence-corrected chi connectivity index (χ4v) is 4.31. The number of aryl methyl sites for hydroxylation is 1. The van der Waals surface area contributed by atoms with Crippen LogP contribution >= 0.6 is 0 Å². The number of benzene rings is 2. The van der Waals surface area contributed by atoms with Crippen LogP contribution in [0.4, 0.5) is 0 Å². The van der Waals surface area contributed by atoms with Gasteiger partial charge in [-0.3, -0.25) is 9.69 Å². The molecule has 2 aromatic carbocycles. The number of nitriles is 1. The Morgan fingerprint density at radius 1 is 0.971 bits per heavy atom. The number of amides is 1. The molecule has 1 aliphatic rings. The number of carbonyl (C=O) groups excluding carboxylic acids is 1. The SMILES string of the molecule is Cc1ccc2nc(COc3ccc(C(=O)N4CCN(Cc5ccc(C#N)cc5)CC4)cc3)cn2c1. The molecule has 0 bridgehead atoms. The van der Waals surface area contributed by atoms with Gasteiger partial charge in [0, 0.05) is 50.7 Å². The van der Waals surface area contributed by atoms with E-state index in [0.29, 0.717) is 36.6 Å². The number of pyridine rings is 1. The van der Waals surface area contributed by atoms with E-state index in [0.717, 1.165) is 31.0 Å². The quantitative estimate of drug-likeness (QED) is 0.430. The van der Waals surface area contributed by atoms with Gasteiger partial charge in [0.05, 0.1) is 17.3 Å². The third-order valence-electron chi connectivity index (χ3n) is 6.29. The monoisotopic (exact) mass is 465 g/mol. The zero-order valence-electron chi connectivity index (χ0n) is 19.7. The van der Waals surface area contributed by atoms with E-state index in [-0.39, 0.29) is 5.91 Å². The van der Waals surface area contributed by atoms with Crippen LogP contribution in [0.2, 0.25) is 0 Å². The molecule has 0 N–H and O–H groups in total. The highest BCUT2D eigenvalue weighted by Crippen LogP contribution is 2.17. The molecule has 0 atom stereocenters. The lowest BCUT2D eigenvalue weighted by atomic mass is 10.1. The van der Waals surface area contributed by atoms with Gasteiger partial charge in [-0.1, -0.05) is 18.2 Å². The van der Waals surface area contributed by atoms with E-state index in [4.69, 9.17) is 10.00 Å². The number of imidazole rings is 1. The molecule has 176 valence electrons. The largest absolute Gasteiger partial charge is 0.487 e. The van der Waals surface area contributed by atoms with E-state index in [2.05, 4.69) is 22.9 Å². The molecule has 4 aromatic rings. The van der Waals surface area contributed by atoms with Crippen LogP contribution in [0.15, 0.2) is 73.1 Å². The highest BCUT2D eigenvalue weighted by molar-refractivity contribution is 5.94. The smallest absolute Gasteiger partial charge is 0.253 e. The van der Waals surface area contributed by atoms with E-state index >= 15 is 0 Å². The summed E-state index contributed by atoms with van der Waals surface area (Å²) in [6, 6.07) is 21.2. The summed E-state index contributed by atoms with van der Waals surface area (Å²) in [6.07, 6.45) is 4.01. The summed E-state index contributed by atoms with van der Waals surface area (Å²) in [6.45, 7) is 6.29. The van der Waals surface area contributed by atoms with Crippen LogP contribution in [0.25, 0.3) is 5.65 Å². The Morgan fingerprint density at radius 3 is 2.43 bits per heavy atom. The molecule has 2 aromatic heterocycles. The lowest BCUT2D eigenvalue weighted by Crippen LogP contribution is -2.48. The van der Waals surface area contributed by atoms with Crippen molar-refractivity contribution in [2.45, 2.75) is 20.1 Å². The molecular formula is C28H27N5O2. The van der Waals surface area contributed by atoms with E-state index in [1.165, 1.54) is 11.1 Å². The molecule has 7 heteroatoms.